The minimum Gasteiger partial charge on any atom is -0.472 e. The Morgan fingerprint density at radius 3 is 2.50 bits per heavy atom. The van der Waals surface area contributed by atoms with Crippen molar-refractivity contribution in [3.05, 3.63) is 58.5 Å². The Labute approximate surface area is 101 Å². The fourth-order valence-corrected chi connectivity index (χ4v) is 1.95. The molecule has 84 valence electrons. The summed E-state index contributed by atoms with van der Waals surface area (Å²) in [5, 5.41) is -0.582. The second-order valence-corrected chi connectivity index (χ2v) is 4.05. The third kappa shape index (κ3) is 2.06. The second kappa shape index (κ2) is 4.44. The third-order valence-corrected chi connectivity index (χ3v) is 2.96. The molecule has 1 unspecified atom stereocenters. The predicted molar refractivity (Wildman–Crippen MR) is 57.8 cm³/mol. The zero-order valence-corrected chi connectivity index (χ0v) is 9.40. The maximum atomic E-state index is 13.0. The first-order valence-corrected chi connectivity index (χ1v) is 5.21. The van der Waals surface area contributed by atoms with Gasteiger partial charge in [-0.3, -0.25) is 0 Å². The molecule has 2 aromatic rings. The minimum atomic E-state index is -0.996. The molecule has 0 fully saturated rings. The highest BCUT2D eigenvalue weighted by molar-refractivity contribution is 6.33. The Morgan fingerprint density at radius 1 is 1.19 bits per heavy atom. The van der Waals surface area contributed by atoms with E-state index < -0.39 is 17.0 Å². The van der Waals surface area contributed by atoms with E-state index in [1.807, 2.05) is 0 Å². The Hall–Kier alpha value is -1.06. The molecule has 0 aliphatic carbocycles. The van der Waals surface area contributed by atoms with Crippen molar-refractivity contribution in [3.63, 3.8) is 0 Å². The molecule has 1 aromatic heterocycles. The van der Waals surface area contributed by atoms with Gasteiger partial charge >= 0.3 is 0 Å². The molecule has 0 aliphatic rings. The Bertz CT molecular complexity index is 497. The van der Waals surface area contributed by atoms with E-state index in [9.17, 15) is 8.78 Å². The first kappa shape index (κ1) is 11.4. The quantitative estimate of drug-likeness (QED) is 0.572. The first-order chi connectivity index (χ1) is 7.59. The van der Waals surface area contributed by atoms with Gasteiger partial charge in [0.05, 0.1) is 17.9 Å². The molecule has 2 rings (SSSR count). The van der Waals surface area contributed by atoms with Crippen molar-refractivity contribution in [3.8, 4) is 0 Å². The highest BCUT2D eigenvalue weighted by Crippen LogP contribution is 2.34. The standard InChI is InChI=1S/C11H6Cl2F2O/c12-8-4-10(15)9(14)3-7(8)11(13)6-1-2-16-5-6/h1-5,11H. The zero-order valence-electron chi connectivity index (χ0n) is 7.88. The molecule has 0 N–H and O–H groups in total. The van der Waals surface area contributed by atoms with E-state index in [0.717, 1.165) is 12.1 Å². The van der Waals surface area contributed by atoms with Crippen LogP contribution in [0, 0.1) is 11.6 Å². The first-order valence-electron chi connectivity index (χ1n) is 4.40. The van der Waals surface area contributed by atoms with Crippen LogP contribution in [0.15, 0.2) is 35.1 Å². The number of furan rings is 1. The summed E-state index contributed by atoms with van der Waals surface area (Å²) in [4.78, 5) is 0. The maximum absolute atomic E-state index is 13.0. The lowest BCUT2D eigenvalue weighted by atomic mass is 10.1. The topological polar surface area (TPSA) is 13.1 Å². The SMILES string of the molecule is Fc1cc(Cl)c(C(Cl)c2ccoc2)cc1F. The van der Waals surface area contributed by atoms with Gasteiger partial charge in [-0.2, -0.15) is 0 Å². The van der Waals surface area contributed by atoms with Crippen molar-refractivity contribution in [1.82, 2.24) is 0 Å². The van der Waals surface area contributed by atoms with Gasteiger partial charge in [0.1, 0.15) is 0 Å². The molecule has 1 aromatic carbocycles. The molecule has 0 saturated heterocycles. The summed E-state index contributed by atoms with van der Waals surface area (Å²) in [6, 6.07) is 3.53. The summed E-state index contributed by atoms with van der Waals surface area (Å²) in [7, 11) is 0. The van der Waals surface area contributed by atoms with E-state index in [4.69, 9.17) is 27.6 Å². The molecule has 16 heavy (non-hydrogen) atoms. The maximum Gasteiger partial charge on any atom is 0.160 e. The van der Waals surface area contributed by atoms with E-state index >= 15 is 0 Å². The molecule has 1 atom stereocenters. The van der Waals surface area contributed by atoms with Crippen LogP contribution < -0.4 is 0 Å². The lowest BCUT2D eigenvalue weighted by molar-refractivity contribution is 0.507. The monoisotopic (exact) mass is 262 g/mol. The van der Waals surface area contributed by atoms with Gasteiger partial charge in [0.15, 0.2) is 11.6 Å². The smallest absolute Gasteiger partial charge is 0.160 e. The van der Waals surface area contributed by atoms with Crippen LogP contribution in [0.1, 0.15) is 16.5 Å². The summed E-state index contributed by atoms with van der Waals surface area (Å²) in [5.41, 5.74) is 0.943. The number of rotatable bonds is 2. The fourth-order valence-electron chi connectivity index (χ4n) is 1.33. The summed E-state index contributed by atoms with van der Waals surface area (Å²) in [6.45, 7) is 0. The highest BCUT2D eigenvalue weighted by Gasteiger charge is 2.18. The molecular weight excluding hydrogens is 257 g/mol. The van der Waals surface area contributed by atoms with Gasteiger partial charge in [0.25, 0.3) is 0 Å². The Kier molecular flexibility index (Phi) is 3.17. The van der Waals surface area contributed by atoms with Crippen molar-refractivity contribution in [1.29, 1.82) is 0 Å². The molecule has 1 nitrogen and oxygen atoms in total. The van der Waals surface area contributed by atoms with E-state index in [0.29, 0.717) is 11.1 Å². The van der Waals surface area contributed by atoms with Crippen molar-refractivity contribution in [2.75, 3.05) is 0 Å². The number of halogens is 4. The van der Waals surface area contributed by atoms with Crippen LogP contribution in [0.25, 0.3) is 0 Å². The average molecular weight is 263 g/mol. The van der Waals surface area contributed by atoms with Crippen molar-refractivity contribution < 1.29 is 13.2 Å². The molecule has 1 heterocycles. The van der Waals surface area contributed by atoms with Crippen LogP contribution in [-0.4, -0.2) is 0 Å². The molecular formula is C11H6Cl2F2O. The molecule has 0 amide bonds. The highest BCUT2D eigenvalue weighted by atomic mass is 35.5. The van der Waals surface area contributed by atoms with Crippen molar-refractivity contribution >= 4 is 23.2 Å². The van der Waals surface area contributed by atoms with Crippen LogP contribution in [0.2, 0.25) is 5.02 Å². The second-order valence-electron chi connectivity index (χ2n) is 3.21. The van der Waals surface area contributed by atoms with Crippen molar-refractivity contribution in [2.24, 2.45) is 0 Å². The van der Waals surface area contributed by atoms with Crippen LogP contribution in [0.3, 0.4) is 0 Å². The van der Waals surface area contributed by atoms with Gasteiger partial charge < -0.3 is 4.42 Å². The molecule has 5 heteroatoms. The Morgan fingerprint density at radius 2 is 1.88 bits per heavy atom. The van der Waals surface area contributed by atoms with Gasteiger partial charge in [-0.25, -0.2) is 8.78 Å². The van der Waals surface area contributed by atoms with E-state index in [-0.39, 0.29) is 5.02 Å². The molecule has 0 aliphatic heterocycles. The van der Waals surface area contributed by atoms with Crippen LogP contribution in [0.4, 0.5) is 8.78 Å². The molecule has 0 radical (unpaired) electrons. The third-order valence-electron chi connectivity index (χ3n) is 2.15. The average Bonchev–Trinajstić information content (AvgIpc) is 2.75. The van der Waals surface area contributed by atoms with Gasteiger partial charge in [-0.15, -0.1) is 11.6 Å². The number of benzene rings is 1. The van der Waals surface area contributed by atoms with E-state index in [1.54, 1.807) is 6.07 Å². The van der Waals surface area contributed by atoms with Crippen molar-refractivity contribution in [2.45, 2.75) is 5.38 Å². The summed E-state index contributed by atoms with van der Waals surface area (Å²) < 4.78 is 30.7. The van der Waals surface area contributed by atoms with Gasteiger partial charge in [-0.05, 0) is 23.8 Å². The van der Waals surface area contributed by atoms with Gasteiger partial charge in [0, 0.05) is 10.6 Å². The van der Waals surface area contributed by atoms with E-state index in [1.165, 1.54) is 12.5 Å². The summed E-state index contributed by atoms with van der Waals surface area (Å²) in [5.74, 6) is -1.97. The number of alkyl halides is 1. The number of hydrogen-bond acceptors (Lipinski definition) is 1. The van der Waals surface area contributed by atoms with Crippen LogP contribution in [0.5, 0.6) is 0 Å². The van der Waals surface area contributed by atoms with Crippen LogP contribution >= 0.6 is 23.2 Å². The van der Waals surface area contributed by atoms with Gasteiger partial charge in [-0.1, -0.05) is 11.6 Å². The molecule has 0 spiro atoms. The summed E-state index contributed by atoms with van der Waals surface area (Å²) >= 11 is 11.9. The fraction of sp³-hybridized carbons (Fsp3) is 0.0909. The minimum absolute atomic E-state index is 0.0834. The largest absolute Gasteiger partial charge is 0.472 e. The van der Waals surface area contributed by atoms with Crippen LogP contribution in [-0.2, 0) is 0 Å². The normalized spacial score (nSPS) is 12.8. The van der Waals surface area contributed by atoms with Gasteiger partial charge in [0.2, 0.25) is 0 Å². The zero-order chi connectivity index (χ0) is 11.7. The molecule has 0 bridgehead atoms. The molecule has 0 saturated carbocycles. The predicted octanol–water partition coefficient (Wildman–Crippen LogP) is 4.54. The summed E-state index contributed by atoms with van der Waals surface area (Å²) in [6.07, 6.45) is 2.87. The van der Waals surface area contributed by atoms with E-state index in [2.05, 4.69) is 0 Å². The Balaban J connectivity index is 2.44. The lowest BCUT2D eigenvalue weighted by Crippen LogP contribution is -1.96. The lowest BCUT2D eigenvalue weighted by Gasteiger charge is -2.10. The number of hydrogen-bond donors (Lipinski definition) is 0.